The number of methoxy groups -OCH3 is 1. The number of aliphatic hydroxyl groups excluding tert-OH is 1. The van der Waals surface area contributed by atoms with Crippen LogP contribution in [0.5, 0.6) is 5.75 Å². The number of carbonyl (C=O) groups is 1. The first kappa shape index (κ1) is 14.3. The molecule has 2 rings (SSSR count). The highest BCUT2D eigenvalue weighted by atomic mass is 16.5. The highest BCUT2D eigenvalue weighted by molar-refractivity contribution is 6.00. The first-order chi connectivity index (χ1) is 9.56. The molecule has 0 radical (unpaired) electrons. The van der Waals surface area contributed by atoms with Crippen molar-refractivity contribution in [2.24, 2.45) is 0 Å². The van der Waals surface area contributed by atoms with Gasteiger partial charge in [-0.25, -0.2) is 0 Å². The molecular formula is C15H18N2O3. The van der Waals surface area contributed by atoms with Crippen molar-refractivity contribution < 1.29 is 14.6 Å². The summed E-state index contributed by atoms with van der Waals surface area (Å²) in [5, 5.41) is 14.4. The van der Waals surface area contributed by atoms with Gasteiger partial charge in [0.25, 0.3) is 0 Å². The second-order valence-corrected chi connectivity index (χ2v) is 4.78. The van der Waals surface area contributed by atoms with Gasteiger partial charge >= 0.3 is 0 Å². The van der Waals surface area contributed by atoms with E-state index in [1.807, 2.05) is 19.9 Å². The molecule has 0 bridgehead atoms. The Kier molecular flexibility index (Phi) is 4.20. The summed E-state index contributed by atoms with van der Waals surface area (Å²) in [6.45, 7) is 3.83. The van der Waals surface area contributed by atoms with Crippen LogP contribution in [0.1, 0.15) is 42.0 Å². The quantitative estimate of drug-likeness (QED) is 0.850. The van der Waals surface area contributed by atoms with E-state index >= 15 is 0 Å². The van der Waals surface area contributed by atoms with E-state index in [1.54, 1.807) is 28.9 Å². The summed E-state index contributed by atoms with van der Waals surface area (Å²) in [5.74, 6) is -0.0436. The van der Waals surface area contributed by atoms with Crippen molar-refractivity contribution in [3.8, 4) is 5.75 Å². The van der Waals surface area contributed by atoms with E-state index in [4.69, 9.17) is 4.74 Å². The normalized spacial score (nSPS) is 12.4. The molecule has 0 aliphatic carbocycles. The standard InChI is InChI=1S/C15H18N2O3/c1-10(2)17-13(12(20-3)9-16-17)15(19)14(18)11-7-5-4-6-8-11/h4-10,14,18H,1-3H3. The van der Waals surface area contributed by atoms with E-state index in [2.05, 4.69) is 5.10 Å². The third-order valence-corrected chi connectivity index (χ3v) is 3.07. The SMILES string of the molecule is COc1cnn(C(C)C)c1C(=O)C(O)c1ccccc1. The van der Waals surface area contributed by atoms with E-state index in [1.165, 1.54) is 13.3 Å². The highest BCUT2D eigenvalue weighted by Crippen LogP contribution is 2.27. The lowest BCUT2D eigenvalue weighted by Gasteiger charge is -2.14. The van der Waals surface area contributed by atoms with Crippen molar-refractivity contribution in [3.63, 3.8) is 0 Å². The van der Waals surface area contributed by atoms with Crippen LogP contribution in [0.4, 0.5) is 0 Å². The Morgan fingerprint density at radius 2 is 1.95 bits per heavy atom. The van der Waals surface area contributed by atoms with Gasteiger partial charge in [-0.3, -0.25) is 9.48 Å². The van der Waals surface area contributed by atoms with Crippen LogP contribution in [-0.4, -0.2) is 27.8 Å². The fourth-order valence-corrected chi connectivity index (χ4v) is 2.04. The number of rotatable bonds is 5. The summed E-state index contributed by atoms with van der Waals surface area (Å²) in [4.78, 5) is 12.5. The predicted octanol–water partition coefficient (Wildman–Crippen LogP) is 2.39. The minimum atomic E-state index is -1.22. The average Bonchev–Trinajstić information content (AvgIpc) is 2.90. The molecule has 1 atom stereocenters. The Balaban J connectivity index is 2.40. The zero-order chi connectivity index (χ0) is 14.7. The average molecular weight is 274 g/mol. The van der Waals surface area contributed by atoms with Gasteiger partial charge in [0, 0.05) is 6.04 Å². The Hall–Kier alpha value is -2.14. The lowest BCUT2D eigenvalue weighted by Crippen LogP contribution is -2.19. The molecule has 0 aliphatic rings. The number of ketones is 1. The molecule has 0 saturated carbocycles. The molecule has 1 unspecified atom stereocenters. The van der Waals surface area contributed by atoms with Gasteiger partial charge in [-0.2, -0.15) is 5.10 Å². The van der Waals surface area contributed by atoms with Crippen molar-refractivity contribution >= 4 is 5.78 Å². The van der Waals surface area contributed by atoms with E-state index in [0.717, 1.165) is 0 Å². The molecule has 0 amide bonds. The number of Topliss-reactive ketones (excluding diaryl/α,β-unsaturated/α-hetero) is 1. The van der Waals surface area contributed by atoms with Crippen LogP contribution >= 0.6 is 0 Å². The maximum absolute atomic E-state index is 12.5. The zero-order valence-corrected chi connectivity index (χ0v) is 11.8. The monoisotopic (exact) mass is 274 g/mol. The van der Waals surface area contributed by atoms with Gasteiger partial charge in [0.2, 0.25) is 5.78 Å². The molecule has 0 saturated heterocycles. The lowest BCUT2D eigenvalue weighted by molar-refractivity contribution is 0.0730. The number of aromatic nitrogens is 2. The van der Waals surface area contributed by atoms with Crippen molar-refractivity contribution in [2.45, 2.75) is 26.0 Å². The molecule has 106 valence electrons. The number of ether oxygens (including phenoxy) is 1. The lowest BCUT2D eigenvalue weighted by atomic mass is 10.0. The maximum Gasteiger partial charge on any atom is 0.217 e. The number of aliphatic hydroxyl groups is 1. The minimum Gasteiger partial charge on any atom is -0.493 e. The molecule has 5 nitrogen and oxygen atoms in total. The summed E-state index contributed by atoms with van der Waals surface area (Å²) in [7, 11) is 1.48. The van der Waals surface area contributed by atoms with Crippen molar-refractivity contribution in [1.29, 1.82) is 0 Å². The van der Waals surface area contributed by atoms with Crippen LogP contribution in [-0.2, 0) is 0 Å². The van der Waals surface area contributed by atoms with Gasteiger partial charge in [-0.05, 0) is 19.4 Å². The number of hydrogen-bond acceptors (Lipinski definition) is 4. The van der Waals surface area contributed by atoms with Gasteiger partial charge in [-0.1, -0.05) is 30.3 Å². The maximum atomic E-state index is 12.5. The smallest absolute Gasteiger partial charge is 0.217 e. The molecule has 1 aromatic heterocycles. The van der Waals surface area contributed by atoms with Crippen molar-refractivity contribution in [2.75, 3.05) is 7.11 Å². The zero-order valence-electron chi connectivity index (χ0n) is 11.8. The second-order valence-electron chi connectivity index (χ2n) is 4.78. The fraction of sp³-hybridized carbons (Fsp3) is 0.333. The minimum absolute atomic E-state index is 0.000762. The first-order valence-electron chi connectivity index (χ1n) is 6.45. The fourth-order valence-electron chi connectivity index (χ4n) is 2.04. The van der Waals surface area contributed by atoms with Crippen LogP contribution in [0.2, 0.25) is 0 Å². The van der Waals surface area contributed by atoms with Gasteiger partial charge in [0.1, 0.15) is 11.8 Å². The highest BCUT2D eigenvalue weighted by Gasteiger charge is 2.27. The van der Waals surface area contributed by atoms with E-state index in [-0.39, 0.29) is 6.04 Å². The molecule has 2 aromatic rings. The van der Waals surface area contributed by atoms with Crippen LogP contribution < -0.4 is 4.74 Å². The van der Waals surface area contributed by atoms with Gasteiger partial charge < -0.3 is 9.84 Å². The van der Waals surface area contributed by atoms with Crippen molar-refractivity contribution in [1.82, 2.24) is 9.78 Å². The molecule has 1 aromatic carbocycles. The summed E-state index contributed by atoms with van der Waals surface area (Å²) >= 11 is 0. The van der Waals surface area contributed by atoms with Crippen LogP contribution in [0, 0.1) is 0 Å². The topological polar surface area (TPSA) is 64.4 Å². The second kappa shape index (κ2) is 5.88. The molecule has 1 N–H and O–H groups in total. The molecule has 0 fully saturated rings. The van der Waals surface area contributed by atoms with Gasteiger partial charge in [0.05, 0.1) is 13.3 Å². The molecular weight excluding hydrogens is 256 g/mol. The number of nitrogens with zero attached hydrogens (tertiary/aromatic N) is 2. The molecule has 5 heteroatoms. The number of benzene rings is 1. The Morgan fingerprint density at radius 3 is 2.50 bits per heavy atom. The molecule has 0 spiro atoms. The number of hydrogen-bond donors (Lipinski definition) is 1. The van der Waals surface area contributed by atoms with Gasteiger partial charge in [-0.15, -0.1) is 0 Å². The van der Waals surface area contributed by atoms with Crippen LogP contribution in [0.3, 0.4) is 0 Å². The Bertz CT molecular complexity index is 590. The van der Waals surface area contributed by atoms with E-state index < -0.39 is 11.9 Å². The van der Waals surface area contributed by atoms with E-state index in [9.17, 15) is 9.90 Å². The molecule has 20 heavy (non-hydrogen) atoms. The summed E-state index contributed by atoms with van der Waals surface area (Å²) in [6.07, 6.45) is 0.268. The van der Waals surface area contributed by atoms with Gasteiger partial charge in [0.15, 0.2) is 5.75 Å². The Labute approximate surface area is 117 Å². The third kappa shape index (κ3) is 2.58. The van der Waals surface area contributed by atoms with Crippen LogP contribution in [0.15, 0.2) is 36.5 Å². The third-order valence-electron chi connectivity index (χ3n) is 3.07. The predicted molar refractivity (Wildman–Crippen MR) is 74.9 cm³/mol. The molecule has 1 heterocycles. The molecule has 0 aliphatic heterocycles. The Morgan fingerprint density at radius 1 is 1.30 bits per heavy atom. The van der Waals surface area contributed by atoms with Crippen LogP contribution in [0.25, 0.3) is 0 Å². The van der Waals surface area contributed by atoms with E-state index in [0.29, 0.717) is 17.0 Å². The first-order valence-corrected chi connectivity index (χ1v) is 6.45. The van der Waals surface area contributed by atoms with Crippen molar-refractivity contribution in [3.05, 3.63) is 47.8 Å². The summed E-state index contributed by atoms with van der Waals surface area (Å²) in [6, 6.07) is 8.82. The summed E-state index contributed by atoms with van der Waals surface area (Å²) in [5.41, 5.74) is 0.843. The summed E-state index contributed by atoms with van der Waals surface area (Å²) < 4.78 is 6.73. The number of carbonyl (C=O) groups excluding carboxylic acids is 1. The largest absolute Gasteiger partial charge is 0.493 e.